The zero-order valence-electron chi connectivity index (χ0n) is 17.0. The van der Waals surface area contributed by atoms with Gasteiger partial charge < -0.3 is 10.4 Å². The van der Waals surface area contributed by atoms with Gasteiger partial charge in [0.1, 0.15) is 17.2 Å². The van der Waals surface area contributed by atoms with Crippen molar-refractivity contribution >= 4 is 39.1 Å². The number of nitrogens with one attached hydrogen (secondary N) is 1. The first-order chi connectivity index (χ1) is 13.6. The number of rotatable bonds is 5. The van der Waals surface area contributed by atoms with Crippen molar-refractivity contribution in [3.63, 3.8) is 0 Å². The van der Waals surface area contributed by atoms with E-state index in [1.54, 1.807) is 0 Å². The van der Waals surface area contributed by atoms with Crippen LogP contribution in [-0.4, -0.2) is 26.5 Å². The molecule has 7 nitrogen and oxygen atoms in total. The highest BCUT2D eigenvalue weighted by molar-refractivity contribution is 7.17. The Kier molecular flexibility index (Phi) is 5.57. The van der Waals surface area contributed by atoms with E-state index in [1.807, 2.05) is 46.8 Å². The molecule has 0 unspecified atom stereocenters. The fourth-order valence-corrected chi connectivity index (χ4v) is 4.40. The number of nitrogens with zero attached hydrogens (tertiary/aromatic N) is 2. The molecular weight excluding hydrogens is 390 g/mol. The molecule has 0 radical (unpaired) electrons. The fraction of sp³-hybridized carbons (Fsp3) is 0.333. The lowest BCUT2D eigenvalue weighted by atomic mass is 10.1. The Labute approximate surface area is 172 Å². The Morgan fingerprint density at radius 3 is 2.38 bits per heavy atom. The average Bonchev–Trinajstić information content (AvgIpc) is 3.04. The van der Waals surface area contributed by atoms with Gasteiger partial charge >= 0.3 is 5.97 Å². The second-order valence-corrected chi connectivity index (χ2v) is 8.33. The molecule has 0 aliphatic carbocycles. The predicted molar refractivity (Wildman–Crippen MR) is 114 cm³/mol. The van der Waals surface area contributed by atoms with Crippen LogP contribution in [0.5, 0.6) is 0 Å². The summed E-state index contributed by atoms with van der Waals surface area (Å²) in [6, 6.07) is 3.96. The van der Waals surface area contributed by atoms with Crippen molar-refractivity contribution in [2.45, 2.75) is 47.1 Å². The molecule has 8 heteroatoms. The molecule has 1 aromatic carbocycles. The first-order valence-electron chi connectivity index (χ1n) is 9.23. The van der Waals surface area contributed by atoms with Gasteiger partial charge in [-0.25, -0.2) is 9.78 Å². The van der Waals surface area contributed by atoms with Gasteiger partial charge in [0.2, 0.25) is 5.91 Å². The number of amides is 1. The van der Waals surface area contributed by atoms with Crippen LogP contribution in [0.15, 0.2) is 22.3 Å². The normalized spacial score (nSPS) is 11.2. The maximum absolute atomic E-state index is 13.1. The van der Waals surface area contributed by atoms with Crippen LogP contribution in [0.25, 0.3) is 10.2 Å². The van der Waals surface area contributed by atoms with E-state index >= 15 is 0 Å². The molecule has 2 aromatic heterocycles. The lowest BCUT2D eigenvalue weighted by molar-refractivity contribution is -0.116. The van der Waals surface area contributed by atoms with Gasteiger partial charge in [-0.15, -0.1) is 11.3 Å². The van der Waals surface area contributed by atoms with Gasteiger partial charge in [0, 0.05) is 17.0 Å². The Balaban J connectivity index is 2.05. The molecule has 152 valence electrons. The smallest absolute Gasteiger partial charge is 0.337 e. The summed E-state index contributed by atoms with van der Waals surface area (Å²) in [6.45, 7) is 9.33. The summed E-state index contributed by atoms with van der Waals surface area (Å²) < 4.78 is 1.28. The number of hydrogen-bond acceptors (Lipinski definition) is 5. The van der Waals surface area contributed by atoms with E-state index in [4.69, 9.17) is 0 Å². The van der Waals surface area contributed by atoms with E-state index in [0.29, 0.717) is 10.7 Å². The summed E-state index contributed by atoms with van der Waals surface area (Å²) in [4.78, 5) is 42.2. The predicted octanol–water partition coefficient (Wildman–Crippen LogP) is 3.84. The van der Waals surface area contributed by atoms with E-state index < -0.39 is 11.5 Å². The summed E-state index contributed by atoms with van der Waals surface area (Å²) in [6.07, 6.45) is 0. The Morgan fingerprint density at radius 1 is 1.21 bits per heavy atom. The number of carboxylic acids is 1. The fourth-order valence-electron chi connectivity index (χ4n) is 3.49. The molecule has 0 fully saturated rings. The second kappa shape index (κ2) is 7.79. The summed E-state index contributed by atoms with van der Waals surface area (Å²) in [5.74, 6) is -1.21. The first kappa shape index (κ1) is 20.7. The second-order valence-electron chi connectivity index (χ2n) is 7.47. The highest BCUT2D eigenvalue weighted by Crippen LogP contribution is 2.25. The molecule has 0 aliphatic rings. The molecule has 3 aromatic rings. The molecule has 0 aliphatic heterocycles. The minimum Gasteiger partial charge on any atom is -0.478 e. The van der Waals surface area contributed by atoms with Crippen LogP contribution in [0.4, 0.5) is 5.69 Å². The van der Waals surface area contributed by atoms with Crippen molar-refractivity contribution in [3.8, 4) is 0 Å². The highest BCUT2D eigenvalue weighted by Gasteiger charge is 2.22. The molecule has 0 saturated heterocycles. The lowest BCUT2D eigenvalue weighted by Crippen LogP contribution is -2.32. The number of aromatic carboxylic acids is 1. The van der Waals surface area contributed by atoms with E-state index in [-0.39, 0.29) is 29.3 Å². The number of aryl methyl sites for hydroxylation is 3. The molecule has 1 amide bonds. The number of anilines is 1. The molecule has 0 bridgehead atoms. The van der Waals surface area contributed by atoms with E-state index in [9.17, 15) is 19.5 Å². The number of hydrogen-bond donors (Lipinski definition) is 2. The van der Waals surface area contributed by atoms with Crippen LogP contribution >= 0.6 is 11.3 Å². The van der Waals surface area contributed by atoms with Gasteiger partial charge in [-0.1, -0.05) is 31.5 Å². The number of carbonyl (C=O) groups excluding carboxylic acids is 1. The summed E-state index contributed by atoms with van der Waals surface area (Å²) in [7, 11) is 0. The minimum atomic E-state index is -1.19. The number of carbonyl (C=O) groups is 2. The van der Waals surface area contributed by atoms with Gasteiger partial charge in [-0.05, 0) is 31.9 Å². The molecule has 0 saturated carbocycles. The van der Waals surface area contributed by atoms with Crippen LogP contribution in [0, 0.1) is 20.8 Å². The summed E-state index contributed by atoms with van der Waals surface area (Å²) in [5, 5.41) is 13.7. The number of thiophene rings is 1. The highest BCUT2D eigenvalue weighted by atomic mass is 32.1. The van der Waals surface area contributed by atoms with Crippen molar-refractivity contribution < 1.29 is 14.7 Å². The SMILES string of the molecule is Cc1cc(C)c(NC(=O)Cn2c(C(C)C)nc3scc(C(=O)O)c3c2=O)c(C)c1. The molecule has 3 rings (SSSR count). The Morgan fingerprint density at radius 2 is 1.83 bits per heavy atom. The van der Waals surface area contributed by atoms with Crippen molar-refractivity contribution in [2.75, 3.05) is 5.32 Å². The standard InChI is InChI=1S/C21H23N3O4S/c1-10(2)18-23-19-16(14(9-29-19)21(27)28)20(26)24(18)8-15(25)22-17-12(4)6-11(3)7-13(17)5/h6-7,9-10H,8H2,1-5H3,(H,22,25)(H,27,28). The topological polar surface area (TPSA) is 101 Å². The molecule has 0 spiro atoms. The van der Waals surface area contributed by atoms with E-state index in [2.05, 4.69) is 10.3 Å². The van der Waals surface area contributed by atoms with Crippen LogP contribution in [-0.2, 0) is 11.3 Å². The average molecular weight is 413 g/mol. The molecule has 0 atom stereocenters. The third-order valence-corrected chi connectivity index (χ3v) is 5.59. The zero-order chi connectivity index (χ0) is 21.5. The molecule has 29 heavy (non-hydrogen) atoms. The number of benzene rings is 1. The van der Waals surface area contributed by atoms with Gasteiger partial charge in [0.15, 0.2) is 0 Å². The largest absolute Gasteiger partial charge is 0.478 e. The van der Waals surface area contributed by atoms with Crippen molar-refractivity contribution in [1.29, 1.82) is 0 Å². The third-order valence-electron chi connectivity index (χ3n) is 4.71. The van der Waals surface area contributed by atoms with E-state index in [1.165, 1.54) is 9.95 Å². The summed E-state index contributed by atoms with van der Waals surface area (Å²) >= 11 is 1.12. The van der Waals surface area contributed by atoms with Crippen LogP contribution < -0.4 is 10.9 Å². The maximum Gasteiger partial charge on any atom is 0.337 e. The molecule has 2 heterocycles. The quantitative estimate of drug-likeness (QED) is 0.662. The van der Waals surface area contributed by atoms with Gasteiger partial charge in [0.25, 0.3) is 5.56 Å². The third kappa shape index (κ3) is 3.93. The van der Waals surface area contributed by atoms with Gasteiger partial charge in [-0.2, -0.15) is 0 Å². The maximum atomic E-state index is 13.1. The molecule has 2 N–H and O–H groups in total. The number of carboxylic acid groups (broad SMARTS) is 1. The lowest BCUT2D eigenvalue weighted by Gasteiger charge is -2.17. The van der Waals surface area contributed by atoms with Gasteiger partial charge in [-0.3, -0.25) is 14.2 Å². The zero-order valence-corrected chi connectivity index (χ0v) is 17.8. The van der Waals surface area contributed by atoms with Crippen molar-refractivity contribution in [3.05, 3.63) is 55.9 Å². The summed E-state index contributed by atoms with van der Waals surface area (Å²) in [5.41, 5.74) is 3.10. The number of fused-ring (bicyclic) bond motifs is 1. The number of aromatic nitrogens is 2. The first-order valence-corrected chi connectivity index (χ1v) is 10.1. The molecular formula is C21H23N3O4S. The van der Waals surface area contributed by atoms with Crippen LogP contribution in [0.3, 0.4) is 0 Å². The van der Waals surface area contributed by atoms with Crippen molar-refractivity contribution in [1.82, 2.24) is 9.55 Å². The van der Waals surface area contributed by atoms with Crippen LogP contribution in [0.2, 0.25) is 0 Å². The van der Waals surface area contributed by atoms with Crippen molar-refractivity contribution in [2.24, 2.45) is 0 Å². The van der Waals surface area contributed by atoms with Crippen LogP contribution in [0.1, 0.15) is 52.6 Å². The Bertz CT molecular complexity index is 1170. The van der Waals surface area contributed by atoms with Gasteiger partial charge in [0.05, 0.1) is 10.9 Å². The van der Waals surface area contributed by atoms with E-state index in [0.717, 1.165) is 33.7 Å². The minimum absolute atomic E-state index is 0.0439. The Hall–Kier alpha value is -3.00. The monoisotopic (exact) mass is 413 g/mol.